The zero-order valence-electron chi connectivity index (χ0n) is 11.1. The zero-order chi connectivity index (χ0) is 14.7. The lowest BCUT2D eigenvalue weighted by atomic mass is 10.1. The molecule has 2 aromatic carbocycles. The standard InChI is InChI=1S/C16H13FN2O2/c17-13-4-5-15(20)12(6-13)8-19-14-3-1-2-11(7-14)16-9-18-10-21-16/h1-7,9-10,19-20H,8H2. The van der Waals surface area contributed by atoms with Crippen LogP contribution in [0.5, 0.6) is 5.75 Å². The van der Waals surface area contributed by atoms with Gasteiger partial charge in [0.1, 0.15) is 11.6 Å². The molecule has 0 unspecified atom stereocenters. The van der Waals surface area contributed by atoms with Crippen molar-refractivity contribution >= 4 is 5.69 Å². The Morgan fingerprint density at radius 2 is 2.10 bits per heavy atom. The predicted octanol–water partition coefficient (Wildman–Crippen LogP) is 3.80. The van der Waals surface area contributed by atoms with Crippen LogP contribution >= 0.6 is 0 Å². The summed E-state index contributed by atoms with van der Waals surface area (Å²) in [6.07, 6.45) is 3.01. The number of rotatable bonds is 4. The quantitative estimate of drug-likeness (QED) is 0.765. The fraction of sp³-hybridized carbons (Fsp3) is 0.0625. The van der Waals surface area contributed by atoms with Gasteiger partial charge in [0, 0.05) is 23.4 Å². The number of oxazole rings is 1. The number of aromatic nitrogens is 1. The molecule has 0 saturated heterocycles. The van der Waals surface area contributed by atoms with E-state index in [2.05, 4.69) is 10.3 Å². The lowest BCUT2D eigenvalue weighted by molar-refractivity contribution is 0.466. The Hall–Kier alpha value is -2.82. The van der Waals surface area contributed by atoms with Crippen molar-refractivity contribution in [2.75, 3.05) is 5.32 Å². The van der Waals surface area contributed by atoms with Gasteiger partial charge in [-0.1, -0.05) is 12.1 Å². The van der Waals surface area contributed by atoms with Crippen LogP contribution in [0.2, 0.25) is 0 Å². The number of benzene rings is 2. The van der Waals surface area contributed by atoms with Gasteiger partial charge in [0.2, 0.25) is 0 Å². The predicted molar refractivity (Wildman–Crippen MR) is 77.3 cm³/mol. The molecular formula is C16H13FN2O2. The van der Waals surface area contributed by atoms with E-state index in [1.165, 1.54) is 24.6 Å². The van der Waals surface area contributed by atoms with Gasteiger partial charge in [-0.05, 0) is 30.3 Å². The molecule has 0 aliphatic carbocycles. The van der Waals surface area contributed by atoms with Crippen molar-refractivity contribution in [3.05, 3.63) is 66.4 Å². The molecule has 5 heteroatoms. The Balaban J connectivity index is 1.76. The highest BCUT2D eigenvalue weighted by Crippen LogP contribution is 2.24. The average Bonchev–Trinajstić information content (AvgIpc) is 3.03. The first-order chi connectivity index (χ1) is 10.2. The van der Waals surface area contributed by atoms with Crippen molar-refractivity contribution < 1.29 is 13.9 Å². The number of nitrogens with one attached hydrogen (secondary N) is 1. The molecule has 0 spiro atoms. The highest BCUT2D eigenvalue weighted by Gasteiger charge is 2.05. The average molecular weight is 284 g/mol. The summed E-state index contributed by atoms with van der Waals surface area (Å²) < 4.78 is 18.4. The van der Waals surface area contributed by atoms with Gasteiger partial charge in [-0.15, -0.1) is 0 Å². The minimum Gasteiger partial charge on any atom is -0.508 e. The van der Waals surface area contributed by atoms with E-state index in [0.717, 1.165) is 11.3 Å². The lowest BCUT2D eigenvalue weighted by Crippen LogP contribution is -2.00. The largest absolute Gasteiger partial charge is 0.508 e. The van der Waals surface area contributed by atoms with E-state index in [1.54, 1.807) is 6.20 Å². The third-order valence-corrected chi connectivity index (χ3v) is 3.10. The van der Waals surface area contributed by atoms with E-state index in [-0.39, 0.29) is 11.6 Å². The number of halogens is 1. The van der Waals surface area contributed by atoms with Crippen LogP contribution in [0.1, 0.15) is 5.56 Å². The second-order valence-corrected chi connectivity index (χ2v) is 4.57. The minimum absolute atomic E-state index is 0.0651. The maximum atomic E-state index is 13.2. The molecule has 4 nitrogen and oxygen atoms in total. The van der Waals surface area contributed by atoms with Crippen molar-refractivity contribution in [3.63, 3.8) is 0 Å². The second-order valence-electron chi connectivity index (χ2n) is 4.57. The van der Waals surface area contributed by atoms with Gasteiger partial charge < -0.3 is 14.8 Å². The summed E-state index contributed by atoms with van der Waals surface area (Å²) in [7, 11) is 0. The monoisotopic (exact) mass is 284 g/mol. The van der Waals surface area contributed by atoms with Gasteiger partial charge in [-0.3, -0.25) is 0 Å². The third-order valence-electron chi connectivity index (χ3n) is 3.10. The van der Waals surface area contributed by atoms with Crippen LogP contribution in [0.15, 0.2) is 59.5 Å². The molecular weight excluding hydrogens is 271 g/mol. The zero-order valence-corrected chi connectivity index (χ0v) is 11.1. The first-order valence-corrected chi connectivity index (χ1v) is 6.42. The maximum Gasteiger partial charge on any atom is 0.181 e. The van der Waals surface area contributed by atoms with Crippen molar-refractivity contribution in [1.29, 1.82) is 0 Å². The topological polar surface area (TPSA) is 58.3 Å². The fourth-order valence-corrected chi connectivity index (χ4v) is 2.03. The molecule has 0 radical (unpaired) electrons. The molecule has 0 fully saturated rings. The van der Waals surface area contributed by atoms with E-state index < -0.39 is 0 Å². The van der Waals surface area contributed by atoms with Crippen LogP contribution < -0.4 is 5.32 Å². The molecule has 1 aromatic heterocycles. The first-order valence-electron chi connectivity index (χ1n) is 6.42. The van der Waals surface area contributed by atoms with Crippen LogP contribution in [-0.4, -0.2) is 10.1 Å². The van der Waals surface area contributed by atoms with Gasteiger partial charge in [-0.2, -0.15) is 0 Å². The number of phenolic OH excluding ortho intramolecular Hbond substituents is 1. The summed E-state index contributed by atoms with van der Waals surface area (Å²) >= 11 is 0. The summed E-state index contributed by atoms with van der Waals surface area (Å²) in [5.74, 6) is 0.363. The van der Waals surface area contributed by atoms with E-state index in [1.807, 2.05) is 24.3 Å². The van der Waals surface area contributed by atoms with Gasteiger partial charge in [0.25, 0.3) is 0 Å². The summed E-state index contributed by atoms with van der Waals surface area (Å²) in [4.78, 5) is 3.88. The van der Waals surface area contributed by atoms with E-state index >= 15 is 0 Å². The van der Waals surface area contributed by atoms with Crippen LogP contribution in [-0.2, 0) is 6.54 Å². The lowest BCUT2D eigenvalue weighted by Gasteiger charge is -2.09. The third kappa shape index (κ3) is 3.02. The minimum atomic E-state index is -0.375. The highest BCUT2D eigenvalue weighted by atomic mass is 19.1. The smallest absolute Gasteiger partial charge is 0.181 e. The SMILES string of the molecule is Oc1ccc(F)cc1CNc1cccc(-c2cnco2)c1. The summed E-state index contributed by atoms with van der Waals surface area (Å²) in [5, 5.41) is 12.8. The molecule has 0 aliphatic heterocycles. The molecule has 0 atom stereocenters. The molecule has 106 valence electrons. The van der Waals surface area contributed by atoms with Gasteiger partial charge in [0.15, 0.2) is 12.2 Å². The Labute approximate surface area is 120 Å². The Morgan fingerprint density at radius 1 is 1.19 bits per heavy atom. The molecule has 0 amide bonds. The highest BCUT2D eigenvalue weighted by molar-refractivity contribution is 5.63. The van der Waals surface area contributed by atoms with E-state index in [9.17, 15) is 9.50 Å². The number of phenols is 1. The van der Waals surface area contributed by atoms with E-state index in [4.69, 9.17) is 4.42 Å². The van der Waals surface area contributed by atoms with Crippen LogP contribution in [0.3, 0.4) is 0 Å². The van der Waals surface area contributed by atoms with E-state index in [0.29, 0.717) is 17.9 Å². The van der Waals surface area contributed by atoms with Crippen LogP contribution in [0.4, 0.5) is 10.1 Å². The fourth-order valence-electron chi connectivity index (χ4n) is 2.03. The van der Waals surface area contributed by atoms with Crippen molar-refractivity contribution in [2.45, 2.75) is 6.54 Å². The number of nitrogens with zero attached hydrogens (tertiary/aromatic N) is 1. The van der Waals surface area contributed by atoms with Crippen molar-refractivity contribution in [2.24, 2.45) is 0 Å². The molecule has 0 bridgehead atoms. The van der Waals surface area contributed by atoms with Crippen LogP contribution in [0, 0.1) is 5.82 Å². The summed E-state index contributed by atoms with van der Waals surface area (Å²) in [6.45, 7) is 0.323. The van der Waals surface area contributed by atoms with Crippen LogP contribution in [0.25, 0.3) is 11.3 Å². The van der Waals surface area contributed by atoms with Crippen molar-refractivity contribution in [1.82, 2.24) is 4.98 Å². The molecule has 3 rings (SSSR count). The molecule has 2 N–H and O–H groups in total. The molecule has 0 aliphatic rings. The Kier molecular flexibility index (Phi) is 3.55. The van der Waals surface area contributed by atoms with Gasteiger partial charge in [0.05, 0.1) is 6.20 Å². The van der Waals surface area contributed by atoms with Gasteiger partial charge in [-0.25, -0.2) is 9.37 Å². The Morgan fingerprint density at radius 3 is 2.90 bits per heavy atom. The summed E-state index contributed by atoms with van der Waals surface area (Å²) in [6, 6.07) is 11.5. The molecule has 1 heterocycles. The second kappa shape index (κ2) is 5.66. The molecule has 0 saturated carbocycles. The number of hydrogen-bond donors (Lipinski definition) is 2. The molecule has 3 aromatic rings. The number of anilines is 1. The maximum absolute atomic E-state index is 13.2. The van der Waals surface area contributed by atoms with Gasteiger partial charge >= 0.3 is 0 Å². The Bertz CT molecular complexity index is 742. The first kappa shape index (κ1) is 13.2. The number of aromatic hydroxyl groups is 1. The molecule has 21 heavy (non-hydrogen) atoms. The van der Waals surface area contributed by atoms with Crippen molar-refractivity contribution in [3.8, 4) is 17.1 Å². The summed E-state index contributed by atoms with van der Waals surface area (Å²) in [5.41, 5.74) is 2.23. The normalized spacial score (nSPS) is 10.5. The number of hydrogen-bond acceptors (Lipinski definition) is 4.